The number of likely N-dealkylation sites (tertiary alicyclic amines) is 1. The minimum Gasteiger partial charge on any atom is -0.357 e. The monoisotopic (exact) mass is 300 g/mol. The normalized spacial score (nSPS) is 18.4. The maximum absolute atomic E-state index is 12.9. The molecule has 0 spiro atoms. The Morgan fingerprint density at radius 2 is 2.09 bits per heavy atom. The van der Waals surface area contributed by atoms with E-state index in [2.05, 4.69) is 4.98 Å². The first-order valence-electron chi connectivity index (χ1n) is 7.89. The zero-order chi connectivity index (χ0) is 15.4. The highest BCUT2D eigenvalue weighted by Crippen LogP contribution is 2.22. The summed E-state index contributed by atoms with van der Waals surface area (Å²) in [5.41, 5.74) is 1.83. The van der Waals surface area contributed by atoms with Crippen LogP contribution in [0.1, 0.15) is 35.3 Å². The number of aryl methyl sites for hydroxylation is 1. The van der Waals surface area contributed by atoms with Gasteiger partial charge in [0.15, 0.2) is 0 Å². The second-order valence-corrected chi connectivity index (χ2v) is 6.01. The number of aromatic nitrogens is 1. The summed E-state index contributed by atoms with van der Waals surface area (Å²) >= 11 is 0. The topological polar surface area (TPSA) is 36.1 Å². The van der Waals surface area contributed by atoms with E-state index >= 15 is 0 Å². The van der Waals surface area contributed by atoms with Gasteiger partial charge in [-0.05, 0) is 61.4 Å². The van der Waals surface area contributed by atoms with Crippen molar-refractivity contribution in [1.82, 2.24) is 9.88 Å². The molecule has 1 atom stereocenters. The van der Waals surface area contributed by atoms with Crippen molar-refractivity contribution >= 4 is 5.91 Å². The molecule has 1 aliphatic rings. The molecular formula is C18H21FN2O. The van der Waals surface area contributed by atoms with Gasteiger partial charge in [0, 0.05) is 19.3 Å². The lowest BCUT2D eigenvalue weighted by Gasteiger charge is -2.32. The molecule has 3 rings (SSSR count). The molecule has 0 aliphatic carbocycles. The van der Waals surface area contributed by atoms with Crippen molar-refractivity contribution in [2.24, 2.45) is 5.92 Å². The zero-order valence-electron chi connectivity index (χ0n) is 12.6. The average molecular weight is 300 g/mol. The Hall–Kier alpha value is -2.10. The molecule has 1 aliphatic heterocycles. The summed E-state index contributed by atoms with van der Waals surface area (Å²) in [6.45, 7) is 1.66. The van der Waals surface area contributed by atoms with E-state index in [1.54, 1.807) is 6.20 Å². The van der Waals surface area contributed by atoms with Crippen LogP contribution >= 0.6 is 0 Å². The summed E-state index contributed by atoms with van der Waals surface area (Å²) in [5.74, 6) is 0.429. The van der Waals surface area contributed by atoms with Gasteiger partial charge < -0.3 is 9.88 Å². The van der Waals surface area contributed by atoms with Crippen molar-refractivity contribution in [2.75, 3.05) is 13.1 Å². The van der Waals surface area contributed by atoms with Crippen LogP contribution in [-0.4, -0.2) is 28.9 Å². The second kappa shape index (κ2) is 6.77. The molecule has 0 radical (unpaired) electrons. The lowest BCUT2D eigenvalue weighted by molar-refractivity contribution is 0.0663. The Morgan fingerprint density at radius 1 is 1.27 bits per heavy atom. The number of hydrogen-bond donors (Lipinski definition) is 1. The van der Waals surface area contributed by atoms with Crippen LogP contribution < -0.4 is 0 Å². The van der Waals surface area contributed by atoms with Gasteiger partial charge in [-0.15, -0.1) is 0 Å². The molecule has 1 N–H and O–H groups in total. The maximum Gasteiger partial charge on any atom is 0.270 e. The number of halogens is 1. The number of rotatable bonds is 4. The number of nitrogens with one attached hydrogen (secondary N) is 1. The number of carbonyl (C=O) groups is 1. The van der Waals surface area contributed by atoms with Crippen LogP contribution in [-0.2, 0) is 6.42 Å². The average Bonchev–Trinajstić information content (AvgIpc) is 3.08. The molecule has 1 aromatic heterocycles. The fourth-order valence-corrected chi connectivity index (χ4v) is 3.14. The van der Waals surface area contributed by atoms with Crippen LogP contribution in [0.15, 0.2) is 42.6 Å². The number of nitrogens with zero attached hydrogens (tertiary/aromatic N) is 1. The molecule has 1 aromatic carbocycles. The minimum absolute atomic E-state index is 0.0940. The van der Waals surface area contributed by atoms with Gasteiger partial charge in [-0.2, -0.15) is 0 Å². The number of aromatic amines is 1. The molecule has 1 fully saturated rings. The molecule has 0 bridgehead atoms. The number of H-pyrrole nitrogens is 1. The molecule has 2 heterocycles. The van der Waals surface area contributed by atoms with E-state index in [0.717, 1.165) is 44.3 Å². The molecule has 22 heavy (non-hydrogen) atoms. The molecule has 116 valence electrons. The van der Waals surface area contributed by atoms with Crippen molar-refractivity contribution in [3.63, 3.8) is 0 Å². The summed E-state index contributed by atoms with van der Waals surface area (Å²) < 4.78 is 12.9. The van der Waals surface area contributed by atoms with E-state index in [1.807, 2.05) is 29.2 Å². The van der Waals surface area contributed by atoms with Crippen molar-refractivity contribution in [3.8, 4) is 0 Å². The lowest BCUT2D eigenvalue weighted by atomic mass is 9.91. The summed E-state index contributed by atoms with van der Waals surface area (Å²) in [6.07, 6.45) is 5.98. The van der Waals surface area contributed by atoms with Gasteiger partial charge in [-0.1, -0.05) is 12.1 Å². The van der Waals surface area contributed by atoms with Crippen LogP contribution in [0.3, 0.4) is 0 Å². The predicted molar refractivity (Wildman–Crippen MR) is 84.1 cm³/mol. The van der Waals surface area contributed by atoms with Gasteiger partial charge in [0.25, 0.3) is 5.91 Å². The van der Waals surface area contributed by atoms with E-state index in [4.69, 9.17) is 0 Å². The standard InChI is InChI=1S/C18H21FN2O/c19-16-9-7-14(8-10-16)5-6-15-3-2-12-21(13-15)18(22)17-4-1-11-20-17/h1,4,7-11,15,20H,2-3,5-6,12-13H2. The fourth-order valence-electron chi connectivity index (χ4n) is 3.14. The van der Waals surface area contributed by atoms with Crippen molar-refractivity contribution < 1.29 is 9.18 Å². The molecule has 4 heteroatoms. The van der Waals surface area contributed by atoms with Crippen LogP contribution in [0.2, 0.25) is 0 Å². The van der Waals surface area contributed by atoms with Crippen LogP contribution in [0.4, 0.5) is 4.39 Å². The van der Waals surface area contributed by atoms with Crippen LogP contribution in [0.25, 0.3) is 0 Å². The second-order valence-electron chi connectivity index (χ2n) is 6.01. The molecule has 2 aromatic rings. The van der Waals surface area contributed by atoms with Crippen molar-refractivity contribution in [2.45, 2.75) is 25.7 Å². The Morgan fingerprint density at radius 3 is 2.82 bits per heavy atom. The third-order valence-electron chi connectivity index (χ3n) is 4.39. The van der Waals surface area contributed by atoms with Gasteiger partial charge >= 0.3 is 0 Å². The van der Waals surface area contributed by atoms with Gasteiger partial charge in [-0.25, -0.2) is 4.39 Å². The highest BCUT2D eigenvalue weighted by Gasteiger charge is 2.24. The summed E-state index contributed by atoms with van der Waals surface area (Å²) in [4.78, 5) is 17.3. The first-order valence-corrected chi connectivity index (χ1v) is 7.89. The zero-order valence-corrected chi connectivity index (χ0v) is 12.6. The maximum atomic E-state index is 12.9. The molecule has 1 unspecified atom stereocenters. The molecule has 1 amide bonds. The van der Waals surface area contributed by atoms with Crippen LogP contribution in [0.5, 0.6) is 0 Å². The van der Waals surface area contributed by atoms with Gasteiger partial charge in [0.1, 0.15) is 11.5 Å². The van der Waals surface area contributed by atoms with Gasteiger partial charge in [-0.3, -0.25) is 4.79 Å². The Bertz CT molecular complexity index is 607. The fraction of sp³-hybridized carbons (Fsp3) is 0.389. The Kier molecular flexibility index (Phi) is 4.56. The lowest BCUT2D eigenvalue weighted by Crippen LogP contribution is -2.40. The minimum atomic E-state index is -0.191. The summed E-state index contributed by atoms with van der Waals surface area (Å²) in [6, 6.07) is 10.4. The number of hydrogen-bond acceptors (Lipinski definition) is 1. The van der Waals surface area contributed by atoms with Crippen molar-refractivity contribution in [3.05, 3.63) is 59.7 Å². The highest BCUT2D eigenvalue weighted by molar-refractivity contribution is 5.92. The van der Waals surface area contributed by atoms with E-state index in [1.165, 1.54) is 12.1 Å². The predicted octanol–water partition coefficient (Wildman–Crippen LogP) is 3.64. The highest BCUT2D eigenvalue weighted by atomic mass is 19.1. The third kappa shape index (κ3) is 3.56. The Balaban J connectivity index is 1.54. The number of piperidine rings is 1. The first-order chi connectivity index (χ1) is 10.7. The van der Waals surface area contributed by atoms with E-state index in [0.29, 0.717) is 11.6 Å². The molecular weight excluding hydrogens is 279 g/mol. The van der Waals surface area contributed by atoms with Gasteiger partial charge in [0.05, 0.1) is 0 Å². The SMILES string of the molecule is O=C(c1ccc[nH]1)N1CCCC(CCc2ccc(F)cc2)C1. The first kappa shape index (κ1) is 14.8. The largest absolute Gasteiger partial charge is 0.357 e. The number of benzene rings is 1. The van der Waals surface area contributed by atoms with E-state index in [-0.39, 0.29) is 11.7 Å². The summed E-state index contributed by atoms with van der Waals surface area (Å²) in [5, 5.41) is 0. The number of carbonyl (C=O) groups excluding carboxylic acids is 1. The van der Waals surface area contributed by atoms with E-state index < -0.39 is 0 Å². The van der Waals surface area contributed by atoms with E-state index in [9.17, 15) is 9.18 Å². The quantitative estimate of drug-likeness (QED) is 0.919. The molecule has 1 saturated heterocycles. The van der Waals surface area contributed by atoms with Gasteiger partial charge in [0.2, 0.25) is 0 Å². The van der Waals surface area contributed by atoms with Crippen molar-refractivity contribution in [1.29, 1.82) is 0 Å². The molecule has 3 nitrogen and oxygen atoms in total. The Labute approximate surface area is 130 Å². The number of amides is 1. The summed E-state index contributed by atoms with van der Waals surface area (Å²) in [7, 11) is 0. The third-order valence-corrected chi connectivity index (χ3v) is 4.39. The molecule has 0 saturated carbocycles. The smallest absolute Gasteiger partial charge is 0.270 e. The van der Waals surface area contributed by atoms with Crippen LogP contribution in [0, 0.1) is 11.7 Å².